The van der Waals surface area contributed by atoms with Gasteiger partial charge in [-0.25, -0.2) is 4.79 Å². The summed E-state index contributed by atoms with van der Waals surface area (Å²) in [6.07, 6.45) is 0. The van der Waals surface area contributed by atoms with Gasteiger partial charge in [0.05, 0.1) is 11.5 Å². The van der Waals surface area contributed by atoms with E-state index in [0.29, 0.717) is 16.1 Å². The second-order valence-electron chi connectivity index (χ2n) is 6.61. The van der Waals surface area contributed by atoms with Crippen LogP contribution < -0.4 is 5.32 Å². The second kappa shape index (κ2) is 7.05. The number of nitrogens with one attached hydrogen (secondary N) is 1. The molecule has 1 N–H and O–H groups in total. The van der Waals surface area contributed by atoms with Gasteiger partial charge < -0.3 is 5.32 Å². The standard InChI is InChI=1S/C19H16ClN3O5/c1-11-7-8-12(9-15(11)23(27)28)16(24)10-22-17(25)19(2,21-18(22)26)13-5-3-4-6-14(13)20/h3-9H,10H2,1-2H3,(H,21,26)/t19-/m1/s1. The van der Waals surface area contributed by atoms with Crippen molar-refractivity contribution in [2.45, 2.75) is 19.4 Å². The van der Waals surface area contributed by atoms with Crippen LogP contribution in [0.4, 0.5) is 10.5 Å². The van der Waals surface area contributed by atoms with Crippen molar-refractivity contribution in [3.63, 3.8) is 0 Å². The summed E-state index contributed by atoms with van der Waals surface area (Å²) in [4.78, 5) is 49.1. The largest absolute Gasteiger partial charge is 0.325 e. The molecule has 1 saturated heterocycles. The lowest BCUT2D eigenvalue weighted by Gasteiger charge is -2.23. The first-order valence-electron chi connectivity index (χ1n) is 8.32. The van der Waals surface area contributed by atoms with Gasteiger partial charge in [0.15, 0.2) is 5.78 Å². The Labute approximate surface area is 165 Å². The monoisotopic (exact) mass is 401 g/mol. The molecule has 0 radical (unpaired) electrons. The number of hydrogen-bond donors (Lipinski definition) is 1. The van der Waals surface area contributed by atoms with Crippen molar-refractivity contribution in [3.05, 3.63) is 74.3 Å². The minimum atomic E-state index is -1.41. The zero-order chi connectivity index (χ0) is 20.6. The van der Waals surface area contributed by atoms with E-state index in [-0.39, 0.29) is 11.3 Å². The lowest BCUT2D eigenvalue weighted by Crippen LogP contribution is -2.41. The van der Waals surface area contributed by atoms with Gasteiger partial charge >= 0.3 is 6.03 Å². The Bertz CT molecular complexity index is 1020. The SMILES string of the molecule is Cc1ccc(C(=O)CN2C(=O)N[C@](C)(c3ccccc3Cl)C2=O)cc1[N+](=O)[O-]. The number of hydrogen-bond acceptors (Lipinski definition) is 5. The molecule has 3 rings (SSSR count). The van der Waals surface area contributed by atoms with E-state index in [1.807, 2.05) is 0 Å². The molecule has 2 aromatic rings. The van der Waals surface area contributed by atoms with Crippen molar-refractivity contribution in [1.82, 2.24) is 10.2 Å². The van der Waals surface area contributed by atoms with Crippen LogP contribution in [0.3, 0.4) is 0 Å². The summed E-state index contributed by atoms with van der Waals surface area (Å²) in [7, 11) is 0. The number of benzene rings is 2. The van der Waals surface area contributed by atoms with Crippen molar-refractivity contribution < 1.29 is 19.3 Å². The van der Waals surface area contributed by atoms with Crippen LogP contribution in [-0.4, -0.2) is 34.1 Å². The molecule has 0 unspecified atom stereocenters. The summed E-state index contributed by atoms with van der Waals surface area (Å²) in [5.74, 6) is -1.21. The molecule has 1 heterocycles. The number of halogens is 1. The predicted octanol–water partition coefficient (Wildman–Crippen LogP) is 3.21. The molecular weight excluding hydrogens is 386 g/mol. The maximum absolute atomic E-state index is 12.9. The number of imide groups is 1. The van der Waals surface area contributed by atoms with Crippen LogP contribution in [0.5, 0.6) is 0 Å². The van der Waals surface area contributed by atoms with Crippen LogP contribution in [0, 0.1) is 17.0 Å². The third-order valence-corrected chi connectivity index (χ3v) is 5.05. The number of nitrogens with zero attached hydrogens (tertiary/aromatic N) is 2. The van der Waals surface area contributed by atoms with Crippen molar-refractivity contribution >= 4 is 35.0 Å². The van der Waals surface area contributed by atoms with Crippen LogP contribution in [0.2, 0.25) is 5.02 Å². The Morgan fingerprint density at radius 3 is 2.57 bits per heavy atom. The van der Waals surface area contributed by atoms with E-state index in [1.54, 1.807) is 31.2 Å². The number of Topliss-reactive ketones (excluding diaryl/α,β-unsaturated/α-hetero) is 1. The molecule has 0 spiro atoms. The van der Waals surface area contributed by atoms with E-state index in [4.69, 9.17) is 11.6 Å². The first-order chi connectivity index (χ1) is 13.1. The van der Waals surface area contributed by atoms with Gasteiger partial charge in [-0.1, -0.05) is 41.9 Å². The number of urea groups is 1. The highest BCUT2D eigenvalue weighted by molar-refractivity contribution is 6.32. The van der Waals surface area contributed by atoms with E-state index in [9.17, 15) is 24.5 Å². The third-order valence-electron chi connectivity index (χ3n) is 4.72. The summed E-state index contributed by atoms with van der Waals surface area (Å²) in [5, 5.41) is 14.0. The topological polar surface area (TPSA) is 110 Å². The van der Waals surface area contributed by atoms with Crippen molar-refractivity contribution in [2.24, 2.45) is 0 Å². The number of carbonyl (C=O) groups is 3. The van der Waals surface area contributed by atoms with Gasteiger partial charge in [-0.2, -0.15) is 0 Å². The highest BCUT2D eigenvalue weighted by Gasteiger charge is 2.50. The molecule has 0 aromatic heterocycles. The number of carbonyl (C=O) groups excluding carboxylic acids is 3. The number of nitro groups is 1. The normalized spacial score (nSPS) is 18.9. The summed E-state index contributed by atoms with van der Waals surface area (Å²) >= 11 is 6.17. The summed E-state index contributed by atoms with van der Waals surface area (Å²) in [5.41, 5.74) is -0.749. The van der Waals surface area contributed by atoms with Crippen LogP contribution in [-0.2, 0) is 10.3 Å². The molecule has 8 nitrogen and oxygen atoms in total. The molecule has 0 aliphatic carbocycles. The molecule has 28 heavy (non-hydrogen) atoms. The van der Waals surface area contributed by atoms with E-state index in [1.165, 1.54) is 19.1 Å². The Morgan fingerprint density at radius 1 is 1.25 bits per heavy atom. The van der Waals surface area contributed by atoms with E-state index < -0.39 is 34.7 Å². The van der Waals surface area contributed by atoms with E-state index >= 15 is 0 Å². The maximum Gasteiger partial charge on any atom is 0.325 e. The molecule has 0 saturated carbocycles. The lowest BCUT2D eigenvalue weighted by atomic mass is 9.92. The van der Waals surface area contributed by atoms with Crippen molar-refractivity contribution in [3.8, 4) is 0 Å². The van der Waals surface area contributed by atoms with Crippen LogP contribution in [0.1, 0.15) is 28.4 Å². The Morgan fingerprint density at radius 2 is 1.93 bits per heavy atom. The first kappa shape index (κ1) is 19.5. The number of ketones is 1. The average Bonchev–Trinajstić information content (AvgIpc) is 2.86. The average molecular weight is 402 g/mol. The number of nitro benzene ring substituents is 1. The van der Waals surface area contributed by atoms with Gasteiger partial charge in [-0.3, -0.25) is 24.6 Å². The smallest absolute Gasteiger partial charge is 0.319 e. The summed E-state index contributed by atoms with van der Waals surface area (Å²) in [6.45, 7) is 2.53. The van der Waals surface area contributed by atoms with Crippen LogP contribution >= 0.6 is 11.6 Å². The minimum Gasteiger partial charge on any atom is -0.319 e. The first-order valence-corrected chi connectivity index (χ1v) is 8.70. The second-order valence-corrected chi connectivity index (χ2v) is 7.02. The number of aryl methyl sites for hydroxylation is 1. The fraction of sp³-hybridized carbons (Fsp3) is 0.211. The predicted molar refractivity (Wildman–Crippen MR) is 101 cm³/mol. The zero-order valence-electron chi connectivity index (χ0n) is 15.1. The summed E-state index contributed by atoms with van der Waals surface area (Å²) in [6, 6.07) is 9.89. The highest BCUT2D eigenvalue weighted by Crippen LogP contribution is 2.33. The van der Waals surface area contributed by atoms with Gasteiger partial charge in [-0.15, -0.1) is 0 Å². The fourth-order valence-electron chi connectivity index (χ4n) is 3.10. The molecule has 1 aliphatic heterocycles. The number of rotatable bonds is 5. The van der Waals surface area contributed by atoms with Gasteiger partial charge in [0.25, 0.3) is 11.6 Å². The van der Waals surface area contributed by atoms with Crippen LogP contribution in [0.15, 0.2) is 42.5 Å². The molecule has 9 heteroatoms. The zero-order valence-corrected chi connectivity index (χ0v) is 15.8. The highest BCUT2D eigenvalue weighted by atomic mass is 35.5. The van der Waals surface area contributed by atoms with Gasteiger partial charge in [0.1, 0.15) is 5.54 Å². The summed E-state index contributed by atoms with van der Waals surface area (Å²) < 4.78 is 0. The van der Waals surface area contributed by atoms with Crippen molar-refractivity contribution in [2.75, 3.05) is 6.54 Å². The Hall–Kier alpha value is -3.26. The van der Waals surface area contributed by atoms with Crippen molar-refractivity contribution in [1.29, 1.82) is 0 Å². The fourth-order valence-corrected chi connectivity index (χ4v) is 3.43. The molecule has 0 bridgehead atoms. The van der Waals surface area contributed by atoms with E-state index in [0.717, 1.165) is 11.0 Å². The molecule has 2 aromatic carbocycles. The lowest BCUT2D eigenvalue weighted by molar-refractivity contribution is -0.385. The molecular formula is C19H16ClN3O5. The van der Waals surface area contributed by atoms with Gasteiger partial charge in [0, 0.05) is 27.8 Å². The molecule has 1 atom stereocenters. The molecule has 1 fully saturated rings. The van der Waals surface area contributed by atoms with Crippen LogP contribution in [0.25, 0.3) is 0 Å². The quantitative estimate of drug-likeness (QED) is 0.358. The van der Waals surface area contributed by atoms with E-state index in [2.05, 4.69) is 5.32 Å². The minimum absolute atomic E-state index is 0.0456. The van der Waals surface area contributed by atoms with Gasteiger partial charge in [0.2, 0.25) is 0 Å². The Balaban J connectivity index is 1.87. The van der Waals surface area contributed by atoms with Gasteiger partial charge in [-0.05, 0) is 19.9 Å². The molecule has 3 amide bonds. The maximum atomic E-state index is 12.9. The third kappa shape index (κ3) is 3.22. The molecule has 1 aliphatic rings. The number of amides is 3. The molecule has 144 valence electrons. The Kier molecular flexibility index (Phi) is 4.91.